The molecule has 1 aliphatic heterocycles. The predicted molar refractivity (Wildman–Crippen MR) is 43.7 cm³/mol. The van der Waals surface area contributed by atoms with E-state index in [4.69, 9.17) is 4.74 Å². The number of aliphatic hydroxyl groups is 1. The summed E-state index contributed by atoms with van der Waals surface area (Å²) >= 11 is 0. The van der Waals surface area contributed by atoms with Gasteiger partial charge in [0.2, 0.25) is 0 Å². The first-order chi connectivity index (χ1) is 5.58. The molecular formula is C8H15NO3. The summed E-state index contributed by atoms with van der Waals surface area (Å²) in [4.78, 5) is 13.1. The minimum atomic E-state index is -1.26. The topological polar surface area (TPSA) is 49.8 Å². The van der Waals surface area contributed by atoms with Crippen molar-refractivity contribution in [2.45, 2.75) is 18.9 Å². The second kappa shape index (κ2) is 3.41. The highest BCUT2D eigenvalue weighted by Crippen LogP contribution is 2.21. The van der Waals surface area contributed by atoms with E-state index in [0.29, 0.717) is 19.6 Å². The number of carbonyl (C=O) groups is 1. The quantitative estimate of drug-likeness (QED) is 0.578. The average molecular weight is 173 g/mol. The van der Waals surface area contributed by atoms with Gasteiger partial charge in [-0.3, -0.25) is 0 Å². The summed E-state index contributed by atoms with van der Waals surface area (Å²) in [5.74, 6) is -0.491. The van der Waals surface area contributed by atoms with Crippen molar-refractivity contribution >= 4 is 5.97 Å². The van der Waals surface area contributed by atoms with Crippen LogP contribution in [0.2, 0.25) is 0 Å². The molecule has 0 aliphatic carbocycles. The first kappa shape index (κ1) is 9.48. The van der Waals surface area contributed by atoms with E-state index in [0.717, 1.165) is 6.54 Å². The van der Waals surface area contributed by atoms with Crippen LogP contribution in [0, 0.1) is 0 Å². The van der Waals surface area contributed by atoms with Crippen molar-refractivity contribution in [3.63, 3.8) is 0 Å². The van der Waals surface area contributed by atoms with E-state index in [1.807, 2.05) is 11.9 Å². The van der Waals surface area contributed by atoms with Crippen molar-refractivity contribution in [3.05, 3.63) is 0 Å². The lowest BCUT2D eigenvalue weighted by Crippen LogP contribution is -2.42. The van der Waals surface area contributed by atoms with Gasteiger partial charge in [0.15, 0.2) is 5.60 Å². The fraction of sp³-hybridized carbons (Fsp3) is 0.875. The second-order valence-corrected chi connectivity index (χ2v) is 3.24. The van der Waals surface area contributed by atoms with Crippen LogP contribution in [0.3, 0.4) is 0 Å². The van der Waals surface area contributed by atoms with Crippen molar-refractivity contribution in [1.82, 2.24) is 4.90 Å². The lowest BCUT2D eigenvalue weighted by Gasteiger charge is -2.19. The molecule has 1 fully saturated rings. The van der Waals surface area contributed by atoms with Crippen LogP contribution in [0.5, 0.6) is 0 Å². The molecule has 0 saturated carbocycles. The Kier molecular flexibility index (Phi) is 2.69. The summed E-state index contributed by atoms with van der Waals surface area (Å²) in [7, 11) is 1.87. The van der Waals surface area contributed by atoms with Crippen LogP contribution in [-0.4, -0.2) is 48.3 Å². The Morgan fingerprint density at radius 2 is 2.42 bits per heavy atom. The van der Waals surface area contributed by atoms with E-state index in [9.17, 15) is 9.90 Å². The van der Waals surface area contributed by atoms with Gasteiger partial charge in [-0.2, -0.15) is 0 Å². The van der Waals surface area contributed by atoms with Crippen molar-refractivity contribution in [2.24, 2.45) is 0 Å². The highest BCUT2D eigenvalue weighted by Gasteiger charge is 2.42. The van der Waals surface area contributed by atoms with Crippen molar-refractivity contribution in [2.75, 3.05) is 26.7 Å². The first-order valence-electron chi connectivity index (χ1n) is 4.16. The molecule has 12 heavy (non-hydrogen) atoms. The van der Waals surface area contributed by atoms with Crippen molar-refractivity contribution < 1.29 is 14.6 Å². The molecule has 0 aromatic heterocycles. The molecule has 1 saturated heterocycles. The molecule has 0 aromatic carbocycles. The van der Waals surface area contributed by atoms with Gasteiger partial charge in [0.25, 0.3) is 0 Å². The average Bonchev–Trinajstić information content (AvgIpc) is 2.33. The zero-order valence-corrected chi connectivity index (χ0v) is 7.54. The van der Waals surface area contributed by atoms with E-state index in [2.05, 4.69) is 0 Å². The normalized spacial score (nSPS) is 30.6. The molecule has 70 valence electrons. The molecule has 0 amide bonds. The summed E-state index contributed by atoms with van der Waals surface area (Å²) in [5.41, 5.74) is -1.26. The van der Waals surface area contributed by atoms with Gasteiger partial charge < -0.3 is 14.7 Å². The lowest BCUT2D eigenvalue weighted by atomic mass is 10.0. The maximum Gasteiger partial charge on any atom is 0.339 e. The number of β-amino-alcohol motifs (C(OH)–C–C–N with tert-alkyl or cyclic N) is 1. The molecule has 1 atom stereocenters. The van der Waals surface area contributed by atoms with Crippen LogP contribution >= 0.6 is 0 Å². The van der Waals surface area contributed by atoms with E-state index >= 15 is 0 Å². The number of hydrogen-bond acceptors (Lipinski definition) is 4. The summed E-state index contributed by atoms with van der Waals surface area (Å²) in [6.07, 6.45) is 0.475. The molecule has 1 rings (SSSR count). The Balaban J connectivity index is 2.54. The molecule has 0 radical (unpaired) electrons. The highest BCUT2D eigenvalue weighted by molar-refractivity contribution is 5.80. The van der Waals surface area contributed by atoms with Crippen molar-refractivity contribution in [3.8, 4) is 0 Å². The highest BCUT2D eigenvalue weighted by atomic mass is 16.5. The summed E-state index contributed by atoms with van der Waals surface area (Å²) in [6, 6.07) is 0. The second-order valence-electron chi connectivity index (χ2n) is 3.24. The Labute approximate surface area is 72.1 Å². The van der Waals surface area contributed by atoms with Crippen LogP contribution in [-0.2, 0) is 9.53 Å². The Bertz CT molecular complexity index is 183. The summed E-state index contributed by atoms with van der Waals surface area (Å²) < 4.78 is 4.76. The standard InChI is InChI=1S/C8H15NO3/c1-3-12-7(10)8(11)4-5-9(2)6-8/h11H,3-6H2,1-2H3. The molecule has 4 nitrogen and oxygen atoms in total. The van der Waals surface area contributed by atoms with Crippen molar-refractivity contribution in [1.29, 1.82) is 0 Å². The monoisotopic (exact) mass is 173 g/mol. The summed E-state index contributed by atoms with van der Waals surface area (Å²) in [6.45, 7) is 3.19. The van der Waals surface area contributed by atoms with E-state index in [1.165, 1.54) is 0 Å². The molecular weight excluding hydrogens is 158 g/mol. The van der Waals surface area contributed by atoms with Crippen LogP contribution in [0.25, 0.3) is 0 Å². The Morgan fingerprint density at radius 3 is 2.83 bits per heavy atom. The van der Waals surface area contributed by atoms with Gasteiger partial charge in [-0.05, 0) is 14.0 Å². The number of esters is 1. The van der Waals surface area contributed by atoms with E-state index < -0.39 is 11.6 Å². The molecule has 0 spiro atoms. The van der Waals surface area contributed by atoms with Crippen LogP contribution in [0.1, 0.15) is 13.3 Å². The Hall–Kier alpha value is -0.610. The number of carbonyl (C=O) groups excluding carboxylic acids is 1. The van der Waals surface area contributed by atoms with Gasteiger partial charge in [-0.25, -0.2) is 4.79 Å². The molecule has 0 bridgehead atoms. The number of hydrogen-bond donors (Lipinski definition) is 1. The van der Waals surface area contributed by atoms with Crippen LogP contribution in [0.15, 0.2) is 0 Å². The smallest absolute Gasteiger partial charge is 0.339 e. The predicted octanol–water partition coefficient (Wildman–Crippen LogP) is -0.384. The van der Waals surface area contributed by atoms with E-state index in [1.54, 1.807) is 6.92 Å². The zero-order chi connectivity index (χ0) is 9.19. The minimum Gasteiger partial charge on any atom is -0.464 e. The van der Waals surface area contributed by atoms with Gasteiger partial charge in [0.1, 0.15) is 0 Å². The third-order valence-corrected chi connectivity index (χ3v) is 2.09. The number of rotatable bonds is 2. The minimum absolute atomic E-state index is 0.324. The van der Waals surface area contributed by atoms with Gasteiger partial charge in [-0.15, -0.1) is 0 Å². The third kappa shape index (κ3) is 1.76. The summed E-state index contributed by atoms with van der Waals surface area (Å²) in [5, 5.41) is 9.75. The molecule has 1 heterocycles. The molecule has 0 aromatic rings. The maximum absolute atomic E-state index is 11.2. The molecule has 4 heteroatoms. The Morgan fingerprint density at radius 1 is 1.75 bits per heavy atom. The van der Waals surface area contributed by atoms with Crippen LogP contribution < -0.4 is 0 Å². The molecule has 1 unspecified atom stereocenters. The molecule has 1 N–H and O–H groups in total. The maximum atomic E-state index is 11.2. The largest absolute Gasteiger partial charge is 0.464 e. The number of likely N-dealkylation sites (tertiary alicyclic amines) is 1. The number of nitrogens with zero attached hydrogens (tertiary/aromatic N) is 1. The number of likely N-dealkylation sites (N-methyl/N-ethyl adjacent to an activating group) is 1. The van der Waals surface area contributed by atoms with Gasteiger partial charge in [-0.1, -0.05) is 0 Å². The SMILES string of the molecule is CCOC(=O)C1(O)CCN(C)C1. The third-order valence-electron chi connectivity index (χ3n) is 2.09. The van der Waals surface area contributed by atoms with Gasteiger partial charge in [0, 0.05) is 19.5 Å². The van der Waals surface area contributed by atoms with Crippen LogP contribution in [0.4, 0.5) is 0 Å². The van der Waals surface area contributed by atoms with E-state index in [-0.39, 0.29) is 0 Å². The fourth-order valence-corrected chi connectivity index (χ4v) is 1.41. The van der Waals surface area contributed by atoms with Gasteiger partial charge in [0.05, 0.1) is 6.61 Å². The number of ether oxygens (including phenoxy) is 1. The first-order valence-corrected chi connectivity index (χ1v) is 4.16. The lowest BCUT2D eigenvalue weighted by molar-refractivity contribution is -0.163. The fourth-order valence-electron chi connectivity index (χ4n) is 1.41. The van der Waals surface area contributed by atoms with Gasteiger partial charge >= 0.3 is 5.97 Å². The molecule has 1 aliphatic rings. The zero-order valence-electron chi connectivity index (χ0n) is 7.54.